The fraction of sp³-hybridized carbons (Fsp3) is 0.480. The standard InChI is InChI=1S/C25H28F2N2O3S/c1-3-29-7-6-14(12-29)8-15-9-17(26)4-5-21(15)33-28-20-11-19(27)22-18-10-16(18)13-32-24(22)23(20)25(30)31-2/h4-5,9,11,14,16,18,28H,3,6-8,10,12-13H2,1-2H3. The van der Waals surface area contributed by atoms with E-state index in [0.29, 0.717) is 29.7 Å². The van der Waals surface area contributed by atoms with Crippen LogP contribution >= 0.6 is 11.9 Å². The van der Waals surface area contributed by atoms with E-state index in [1.165, 1.54) is 31.2 Å². The minimum atomic E-state index is -0.571. The van der Waals surface area contributed by atoms with Gasteiger partial charge in [0.25, 0.3) is 0 Å². The van der Waals surface area contributed by atoms with Crippen LogP contribution in [0.2, 0.25) is 0 Å². The van der Waals surface area contributed by atoms with E-state index in [4.69, 9.17) is 9.47 Å². The third-order valence-corrected chi connectivity index (χ3v) is 7.95. The number of anilines is 1. The molecule has 2 fully saturated rings. The molecule has 1 aliphatic carbocycles. The van der Waals surface area contributed by atoms with E-state index in [-0.39, 0.29) is 28.9 Å². The average Bonchev–Trinajstić information content (AvgIpc) is 3.47. The monoisotopic (exact) mass is 474 g/mol. The van der Waals surface area contributed by atoms with Crippen LogP contribution in [0.25, 0.3) is 0 Å². The highest BCUT2D eigenvalue weighted by atomic mass is 32.2. The lowest BCUT2D eigenvalue weighted by atomic mass is 9.98. The van der Waals surface area contributed by atoms with Crippen molar-refractivity contribution >= 4 is 23.6 Å². The molecule has 0 radical (unpaired) electrons. The van der Waals surface area contributed by atoms with Gasteiger partial charge in [0.2, 0.25) is 0 Å². The predicted octanol–water partition coefficient (Wildman–Crippen LogP) is 5.25. The molecule has 0 bridgehead atoms. The van der Waals surface area contributed by atoms with Crippen molar-refractivity contribution in [2.45, 2.75) is 37.0 Å². The fourth-order valence-corrected chi connectivity index (χ4v) is 5.88. The second kappa shape index (κ2) is 9.14. The van der Waals surface area contributed by atoms with Gasteiger partial charge in [0.15, 0.2) is 0 Å². The molecule has 2 heterocycles. The summed E-state index contributed by atoms with van der Waals surface area (Å²) in [6.45, 7) is 5.73. The third-order valence-electron chi connectivity index (χ3n) is 7.01. The third kappa shape index (κ3) is 4.43. The Labute approximate surface area is 197 Å². The molecule has 3 atom stereocenters. The van der Waals surface area contributed by atoms with Crippen LogP contribution in [-0.4, -0.2) is 44.2 Å². The van der Waals surface area contributed by atoms with E-state index in [1.807, 2.05) is 0 Å². The van der Waals surface area contributed by atoms with E-state index < -0.39 is 5.97 Å². The van der Waals surface area contributed by atoms with Crippen molar-refractivity contribution in [2.75, 3.05) is 38.1 Å². The van der Waals surface area contributed by atoms with Crippen LogP contribution in [0.5, 0.6) is 5.75 Å². The number of nitrogens with zero attached hydrogens (tertiary/aromatic N) is 1. The number of benzene rings is 2. The molecule has 2 aromatic carbocycles. The van der Waals surface area contributed by atoms with Crippen molar-refractivity contribution in [1.29, 1.82) is 0 Å². The Morgan fingerprint density at radius 3 is 2.94 bits per heavy atom. The molecule has 0 aromatic heterocycles. The van der Waals surface area contributed by atoms with Gasteiger partial charge in [-0.05, 0) is 86.0 Å². The van der Waals surface area contributed by atoms with Crippen molar-refractivity contribution in [3.05, 3.63) is 52.6 Å². The Morgan fingerprint density at radius 1 is 1.33 bits per heavy atom. The summed E-state index contributed by atoms with van der Waals surface area (Å²) < 4.78 is 43.0. The van der Waals surface area contributed by atoms with Crippen LogP contribution in [0, 0.1) is 23.5 Å². The van der Waals surface area contributed by atoms with Crippen LogP contribution in [0.4, 0.5) is 14.5 Å². The number of ether oxygens (including phenoxy) is 2. The van der Waals surface area contributed by atoms with Crippen molar-refractivity contribution in [2.24, 2.45) is 11.8 Å². The molecule has 1 saturated heterocycles. The summed E-state index contributed by atoms with van der Waals surface area (Å²) >= 11 is 1.25. The summed E-state index contributed by atoms with van der Waals surface area (Å²) in [6.07, 6.45) is 2.73. The van der Waals surface area contributed by atoms with Gasteiger partial charge in [0, 0.05) is 22.9 Å². The highest BCUT2D eigenvalue weighted by Gasteiger charge is 2.47. The Morgan fingerprint density at radius 2 is 2.18 bits per heavy atom. The number of nitrogens with one attached hydrogen (secondary N) is 1. The van der Waals surface area contributed by atoms with E-state index in [1.54, 1.807) is 12.1 Å². The van der Waals surface area contributed by atoms with Crippen LogP contribution < -0.4 is 9.46 Å². The van der Waals surface area contributed by atoms with Gasteiger partial charge in [-0.25, -0.2) is 13.6 Å². The number of rotatable bonds is 7. The van der Waals surface area contributed by atoms with Gasteiger partial charge in [-0.3, -0.25) is 0 Å². The molecule has 2 aliphatic heterocycles. The van der Waals surface area contributed by atoms with Gasteiger partial charge in [-0.1, -0.05) is 6.92 Å². The zero-order valence-corrected chi connectivity index (χ0v) is 19.6. The molecule has 5 rings (SSSR count). The number of carbonyl (C=O) groups is 1. The van der Waals surface area contributed by atoms with E-state index in [0.717, 1.165) is 49.4 Å². The molecule has 33 heavy (non-hydrogen) atoms. The lowest BCUT2D eigenvalue weighted by molar-refractivity contribution is 0.0596. The minimum Gasteiger partial charge on any atom is -0.492 e. The quantitative estimate of drug-likeness (QED) is 0.437. The summed E-state index contributed by atoms with van der Waals surface area (Å²) in [5.74, 6) is -0.0340. The second-order valence-electron chi connectivity index (χ2n) is 9.14. The summed E-state index contributed by atoms with van der Waals surface area (Å²) in [5, 5.41) is 0. The maximum Gasteiger partial charge on any atom is 0.343 e. The van der Waals surface area contributed by atoms with E-state index >= 15 is 4.39 Å². The Bertz CT molecular complexity index is 1080. The molecule has 1 N–H and O–H groups in total. The van der Waals surface area contributed by atoms with Crippen LogP contribution in [0.1, 0.15) is 47.2 Å². The van der Waals surface area contributed by atoms with Gasteiger partial charge in [-0.15, -0.1) is 0 Å². The predicted molar refractivity (Wildman–Crippen MR) is 124 cm³/mol. The smallest absolute Gasteiger partial charge is 0.343 e. The maximum atomic E-state index is 15.0. The maximum absolute atomic E-state index is 15.0. The fourth-order valence-electron chi connectivity index (χ4n) is 5.09. The number of methoxy groups -OCH3 is 1. The first-order valence-electron chi connectivity index (χ1n) is 11.5. The Hall–Kier alpha value is -2.32. The summed E-state index contributed by atoms with van der Waals surface area (Å²) in [4.78, 5) is 15.9. The molecule has 0 spiro atoms. The molecule has 3 aliphatic rings. The van der Waals surface area contributed by atoms with Crippen molar-refractivity contribution in [1.82, 2.24) is 4.90 Å². The Kier molecular flexibility index (Phi) is 6.22. The topological polar surface area (TPSA) is 50.8 Å². The molecule has 0 amide bonds. The van der Waals surface area contributed by atoms with Gasteiger partial charge in [-0.2, -0.15) is 0 Å². The highest BCUT2D eigenvalue weighted by Crippen LogP contribution is 2.56. The normalized spacial score (nSPS) is 23.5. The molecule has 2 aromatic rings. The van der Waals surface area contributed by atoms with Gasteiger partial charge in [0.1, 0.15) is 22.9 Å². The highest BCUT2D eigenvalue weighted by molar-refractivity contribution is 8.00. The van der Waals surface area contributed by atoms with Crippen LogP contribution in [0.15, 0.2) is 29.2 Å². The largest absolute Gasteiger partial charge is 0.492 e. The van der Waals surface area contributed by atoms with Gasteiger partial charge < -0.3 is 19.1 Å². The number of esters is 1. The number of hydrogen-bond acceptors (Lipinski definition) is 6. The van der Waals surface area contributed by atoms with Crippen LogP contribution in [-0.2, 0) is 11.2 Å². The molecule has 5 nitrogen and oxygen atoms in total. The summed E-state index contributed by atoms with van der Waals surface area (Å²) in [7, 11) is 1.30. The molecule has 176 valence electrons. The SMILES string of the molecule is CCN1CCC(Cc2cc(F)ccc2SNc2cc(F)c3c(c2C(=O)OC)OCC2CC32)C1. The summed E-state index contributed by atoms with van der Waals surface area (Å²) in [6, 6.07) is 6.07. The molecule has 1 saturated carbocycles. The van der Waals surface area contributed by atoms with Gasteiger partial charge in [0.05, 0.1) is 19.4 Å². The Balaban J connectivity index is 1.41. The zero-order chi connectivity index (χ0) is 23.1. The number of likely N-dealkylation sites (tertiary alicyclic amines) is 1. The number of hydrogen-bond donors (Lipinski definition) is 1. The minimum absolute atomic E-state index is 0.108. The molecule has 3 unspecified atom stereocenters. The first-order valence-corrected chi connectivity index (χ1v) is 12.3. The van der Waals surface area contributed by atoms with E-state index in [9.17, 15) is 9.18 Å². The lowest BCUT2D eigenvalue weighted by Gasteiger charge is -2.22. The number of fused-ring (bicyclic) bond motifs is 3. The number of halogens is 2. The first-order chi connectivity index (χ1) is 16.0. The lowest BCUT2D eigenvalue weighted by Crippen LogP contribution is -2.20. The first kappa shape index (κ1) is 22.5. The number of carbonyl (C=O) groups excluding carboxylic acids is 1. The van der Waals surface area contributed by atoms with E-state index in [2.05, 4.69) is 16.5 Å². The molecule has 8 heteroatoms. The summed E-state index contributed by atoms with van der Waals surface area (Å²) in [5.41, 5.74) is 1.90. The van der Waals surface area contributed by atoms with Gasteiger partial charge >= 0.3 is 5.97 Å². The molecular formula is C25H28F2N2O3S. The zero-order valence-electron chi connectivity index (χ0n) is 18.8. The second-order valence-corrected chi connectivity index (χ2v) is 9.98. The van der Waals surface area contributed by atoms with Crippen LogP contribution in [0.3, 0.4) is 0 Å². The average molecular weight is 475 g/mol. The van der Waals surface area contributed by atoms with Crippen molar-refractivity contribution < 1.29 is 23.0 Å². The molecular weight excluding hydrogens is 446 g/mol. The van der Waals surface area contributed by atoms with Crippen molar-refractivity contribution in [3.63, 3.8) is 0 Å². The van der Waals surface area contributed by atoms with Crippen molar-refractivity contribution in [3.8, 4) is 5.75 Å².